The molecule has 0 unspecified atom stereocenters. The van der Waals surface area contributed by atoms with Crippen molar-refractivity contribution in [1.82, 2.24) is 9.13 Å². The van der Waals surface area contributed by atoms with Crippen LogP contribution in [0.25, 0.3) is 99.5 Å². The van der Waals surface area contributed by atoms with Gasteiger partial charge in [-0.05, 0) is 128 Å². The average Bonchev–Trinajstić information content (AvgIpc) is 3.89. The van der Waals surface area contributed by atoms with Crippen LogP contribution < -0.4 is 0 Å². The third kappa shape index (κ3) is 5.06. The maximum Gasteiger partial charge on any atom is 0.0541 e. The number of fused-ring (bicyclic) bond motifs is 9. The van der Waals surface area contributed by atoms with Crippen LogP contribution in [0, 0.1) is 0 Å². The molecule has 2 nitrogen and oxygen atoms in total. The Morgan fingerprint density at radius 2 is 0.831 bits per heavy atom. The number of hydrogen-bond acceptors (Lipinski definition) is 0. The van der Waals surface area contributed by atoms with Crippen LogP contribution in [0.2, 0.25) is 0 Å². The second kappa shape index (κ2) is 12.8. The van der Waals surface area contributed by atoms with Crippen molar-refractivity contribution < 1.29 is 0 Å². The van der Waals surface area contributed by atoms with Gasteiger partial charge < -0.3 is 9.13 Å². The van der Waals surface area contributed by atoms with E-state index in [-0.39, 0.29) is 5.41 Å². The molecule has 0 fully saturated rings. The molecule has 9 aromatic carbocycles. The lowest BCUT2D eigenvalue weighted by Gasteiger charge is -2.23. The van der Waals surface area contributed by atoms with Crippen LogP contribution in [-0.2, 0) is 5.41 Å². The third-order valence-corrected chi connectivity index (χ3v) is 12.9. The molecule has 1 aliphatic rings. The Hall–Kier alpha value is -7.42. The van der Waals surface area contributed by atoms with Gasteiger partial charge in [-0.25, -0.2) is 0 Å². The Kier molecular flexibility index (Phi) is 7.31. The zero-order valence-electron chi connectivity index (χ0n) is 33.0. The summed E-state index contributed by atoms with van der Waals surface area (Å²) in [5, 5.41) is 5.03. The van der Waals surface area contributed by atoms with E-state index in [1.54, 1.807) is 0 Å². The van der Waals surface area contributed by atoms with Gasteiger partial charge in [0.1, 0.15) is 0 Å². The van der Waals surface area contributed by atoms with Crippen molar-refractivity contribution in [2.24, 2.45) is 0 Å². The summed E-state index contributed by atoms with van der Waals surface area (Å²) in [5.41, 5.74) is 19.8. The van der Waals surface area contributed by atoms with Crippen LogP contribution in [0.4, 0.5) is 0 Å². The lowest BCUT2D eigenvalue weighted by Crippen LogP contribution is -2.15. The van der Waals surface area contributed by atoms with Crippen molar-refractivity contribution in [3.8, 4) is 55.9 Å². The summed E-state index contributed by atoms with van der Waals surface area (Å²) in [6.07, 6.45) is 0. The number of rotatable bonds is 5. The highest BCUT2D eigenvalue weighted by Gasteiger charge is 2.37. The highest BCUT2D eigenvalue weighted by atomic mass is 15.0. The average molecular weight is 753 g/mol. The van der Waals surface area contributed by atoms with E-state index in [2.05, 4.69) is 229 Å². The van der Waals surface area contributed by atoms with Gasteiger partial charge >= 0.3 is 0 Å². The molecule has 0 aliphatic heterocycles. The number of nitrogens with zero attached hydrogens (tertiary/aromatic N) is 2. The van der Waals surface area contributed by atoms with Crippen LogP contribution in [0.15, 0.2) is 206 Å². The molecule has 0 saturated heterocycles. The van der Waals surface area contributed by atoms with E-state index in [1.165, 1.54) is 105 Å². The second-order valence-corrected chi connectivity index (χ2v) is 16.5. The minimum absolute atomic E-state index is 0.159. The monoisotopic (exact) mass is 752 g/mol. The summed E-state index contributed by atoms with van der Waals surface area (Å²) in [5.74, 6) is 0. The Morgan fingerprint density at radius 1 is 0.305 bits per heavy atom. The molecule has 12 rings (SSSR count). The zero-order chi connectivity index (χ0) is 39.2. The summed E-state index contributed by atoms with van der Waals surface area (Å²) in [4.78, 5) is 0. The van der Waals surface area contributed by atoms with E-state index in [0.717, 1.165) is 5.69 Å². The molecule has 0 spiro atoms. The standard InChI is InChI=1S/C57H40N2/c1-57(2)50-25-12-9-24-46(50)56-47(40-29-31-54-49(34-40)45-23-10-13-26-52(45)58(54)42-19-7-4-8-20-42)35-41(36-51(56)57)39-28-30-55-48(33-39)44-22-11-14-27-53(44)59(55)43-21-15-18-38(32-43)37-16-5-3-6-17-37/h3-36H,1-2H3. The molecule has 0 radical (unpaired) electrons. The first-order valence-corrected chi connectivity index (χ1v) is 20.6. The van der Waals surface area contributed by atoms with Gasteiger partial charge in [-0.15, -0.1) is 0 Å². The Bertz CT molecular complexity index is 3450. The predicted molar refractivity (Wildman–Crippen MR) is 249 cm³/mol. The molecule has 2 heteroatoms. The van der Waals surface area contributed by atoms with Gasteiger partial charge in [0, 0.05) is 38.3 Å². The summed E-state index contributed by atoms with van der Waals surface area (Å²) in [7, 11) is 0. The highest BCUT2D eigenvalue weighted by Crippen LogP contribution is 2.54. The highest BCUT2D eigenvalue weighted by molar-refractivity contribution is 6.12. The first-order chi connectivity index (χ1) is 29.0. The van der Waals surface area contributed by atoms with Gasteiger partial charge in [0.2, 0.25) is 0 Å². The molecule has 0 amide bonds. The minimum Gasteiger partial charge on any atom is -0.309 e. The second-order valence-electron chi connectivity index (χ2n) is 16.5. The predicted octanol–water partition coefficient (Wildman–Crippen LogP) is 15.2. The topological polar surface area (TPSA) is 9.86 Å². The lowest BCUT2D eigenvalue weighted by molar-refractivity contribution is 0.660. The molecule has 0 saturated carbocycles. The van der Waals surface area contributed by atoms with Crippen molar-refractivity contribution in [2.45, 2.75) is 19.3 Å². The van der Waals surface area contributed by atoms with Gasteiger partial charge in [-0.2, -0.15) is 0 Å². The van der Waals surface area contributed by atoms with Crippen molar-refractivity contribution in [2.75, 3.05) is 0 Å². The Labute approximate surface area is 343 Å². The lowest BCUT2D eigenvalue weighted by atomic mass is 9.80. The van der Waals surface area contributed by atoms with E-state index < -0.39 is 0 Å². The fourth-order valence-corrected chi connectivity index (χ4v) is 10.1. The van der Waals surface area contributed by atoms with Crippen LogP contribution in [-0.4, -0.2) is 9.13 Å². The molecule has 2 aromatic heterocycles. The largest absolute Gasteiger partial charge is 0.309 e. The first-order valence-electron chi connectivity index (χ1n) is 20.6. The normalized spacial score (nSPS) is 13.1. The number of aromatic nitrogens is 2. The molecule has 0 N–H and O–H groups in total. The molecule has 0 atom stereocenters. The molecule has 0 bridgehead atoms. The van der Waals surface area contributed by atoms with E-state index in [1.807, 2.05) is 0 Å². The summed E-state index contributed by atoms with van der Waals surface area (Å²) in [6, 6.07) is 76.1. The van der Waals surface area contributed by atoms with Gasteiger partial charge in [0.15, 0.2) is 0 Å². The summed E-state index contributed by atoms with van der Waals surface area (Å²) >= 11 is 0. The fraction of sp³-hybridized carbons (Fsp3) is 0.0526. The molecular formula is C57H40N2. The van der Waals surface area contributed by atoms with Crippen molar-refractivity contribution in [3.05, 3.63) is 217 Å². The van der Waals surface area contributed by atoms with E-state index in [9.17, 15) is 0 Å². The molecule has 2 heterocycles. The van der Waals surface area contributed by atoms with Crippen molar-refractivity contribution in [3.63, 3.8) is 0 Å². The smallest absolute Gasteiger partial charge is 0.0541 e. The first kappa shape index (κ1) is 33.7. The fourth-order valence-electron chi connectivity index (χ4n) is 10.1. The zero-order valence-corrected chi connectivity index (χ0v) is 33.0. The number of benzene rings is 9. The molecule has 278 valence electrons. The third-order valence-electron chi connectivity index (χ3n) is 12.9. The number of para-hydroxylation sites is 3. The quantitative estimate of drug-likeness (QED) is 0.166. The molecule has 59 heavy (non-hydrogen) atoms. The molecular weight excluding hydrogens is 713 g/mol. The maximum atomic E-state index is 2.47. The van der Waals surface area contributed by atoms with E-state index in [0.29, 0.717) is 0 Å². The van der Waals surface area contributed by atoms with Gasteiger partial charge in [0.25, 0.3) is 0 Å². The van der Waals surface area contributed by atoms with E-state index in [4.69, 9.17) is 0 Å². The number of hydrogen-bond donors (Lipinski definition) is 0. The van der Waals surface area contributed by atoms with Crippen LogP contribution in [0.5, 0.6) is 0 Å². The van der Waals surface area contributed by atoms with Crippen LogP contribution in [0.1, 0.15) is 25.0 Å². The van der Waals surface area contributed by atoms with Crippen LogP contribution in [0.3, 0.4) is 0 Å². The maximum absolute atomic E-state index is 2.47. The summed E-state index contributed by atoms with van der Waals surface area (Å²) in [6.45, 7) is 4.78. The van der Waals surface area contributed by atoms with E-state index >= 15 is 0 Å². The Morgan fingerprint density at radius 3 is 1.56 bits per heavy atom. The summed E-state index contributed by atoms with van der Waals surface area (Å²) < 4.78 is 4.83. The van der Waals surface area contributed by atoms with Crippen molar-refractivity contribution in [1.29, 1.82) is 0 Å². The molecule has 1 aliphatic carbocycles. The van der Waals surface area contributed by atoms with Gasteiger partial charge in [-0.3, -0.25) is 0 Å². The minimum atomic E-state index is -0.159. The van der Waals surface area contributed by atoms with Gasteiger partial charge in [-0.1, -0.05) is 147 Å². The van der Waals surface area contributed by atoms with Gasteiger partial charge in [0.05, 0.1) is 22.1 Å². The van der Waals surface area contributed by atoms with Crippen LogP contribution >= 0.6 is 0 Å². The Balaban J connectivity index is 1.08. The molecule has 11 aromatic rings. The van der Waals surface area contributed by atoms with Crippen molar-refractivity contribution >= 4 is 43.6 Å². The SMILES string of the molecule is CC1(C)c2ccccc2-c2c(-c3ccc4c(c3)c3ccccc3n4-c3ccccc3)cc(-c3ccc4c(c3)c3ccccc3n4-c3cccc(-c4ccccc4)c3)cc21.